The number of carbonyl (C=O) groups excluding carboxylic acids is 2. The first-order valence-corrected chi connectivity index (χ1v) is 12.6. The number of rotatable bonds is 22. The molecule has 0 rings (SSSR count). The van der Waals surface area contributed by atoms with Crippen molar-refractivity contribution in [3.63, 3.8) is 0 Å². The maximum Gasteiger partial charge on any atom is 0.184 e. The smallest absolute Gasteiger partial charge is 0.184 e. The number of hydrogen-bond acceptors (Lipinski definition) is 4. The van der Waals surface area contributed by atoms with Crippen LogP contribution in [0.5, 0.6) is 0 Å². The predicted molar refractivity (Wildman–Crippen MR) is 125 cm³/mol. The molecule has 0 radical (unpaired) electrons. The fraction of sp³-hybridized carbons (Fsp3) is 0.920. The van der Waals surface area contributed by atoms with E-state index < -0.39 is 5.66 Å². The quantitative estimate of drug-likeness (QED) is 0.120. The van der Waals surface area contributed by atoms with Crippen LogP contribution in [0.25, 0.3) is 0 Å². The molecular weight excluding hydrogens is 360 g/mol. The van der Waals surface area contributed by atoms with E-state index in [9.17, 15) is 9.59 Å². The van der Waals surface area contributed by atoms with Crippen LogP contribution in [0.2, 0.25) is 0 Å². The second-order valence-corrected chi connectivity index (χ2v) is 8.87. The molecule has 0 atom stereocenters. The summed E-state index contributed by atoms with van der Waals surface area (Å²) in [6.07, 6.45) is 22.1. The van der Waals surface area contributed by atoms with Crippen molar-refractivity contribution in [2.24, 2.45) is 11.5 Å². The molecule has 0 amide bonds. The van der Waals surface area contributed by atoms with Crippen LogP contribution >= 0.6 is 0 Å². The van der Waals surface area contributed by atoms with Crippen LogP contribution in [0.3, 0.4) is 0 Å². The summed E-state index contributed by atoms with van der Waals surface area (Å²) in [7, 11) is 0. The highest BCUT2D eigenvalue weighted by atomic mass is 16.2. The van der Waals surface area contributed by atoms with Crippen LogP contribution in [0.4, 0.5) is 0 Å². The second kappa shape index (κ2) is 19.2. The lowest BCUT2D eigenvalue weighted by molar-refractivity contribution is -0.134. The Bertz CT molecular complexity index is 372. The number of nitrogens with two attached hydrogens (primary N) is 2. The Balaban J connectivity index is 3.73. The van der Waals surface area contributed by atoms with Crippen LogP contribution in [0.15, 0.2) is 0 Å². The Morgan fingerprint density at radius 1 is 0.483 bits per heavy atom. The summed E-state index contributed by atoms with van der Waals surface area (Å²) in [6.45, 7) is 4.46. The zero-order valence-corrected chi connectivity index (χ0v) is 19.6. The Hall–Kier alpha value is -0.740. The number of unbranched alkanes of at least 4 members (excludes halogenated alkanes) is 16. The molecule has 0 bridgehead atoms. The molecule has 29 heavy (non-hydrogen) atoms. The summed E-state index contributed by atoms with van der Waals surface area (Å²) in [5.41, 5.74) is 10.0. The minimum Gasteiger partial charge on any atom is -0.301 e. The van der Waals surface area contributed by atoms with E-state index in [-0.39, 0.29) is 11.6 Å². The third kappa shape index (κ3) is 15.7. The highest BCUT2D eigenvalue weighted by molar-refractivity contribution is 6.10. The van der Waals surface area contributed by atoms with Gasteiger partial charge in [0.05, 0.1) is 0 Å². The molecule has 0 heterocycles. The van der Waals surface area contributed by atoms with Gasteiger partial charge < -0.3 is 11.5 Å². The summed E-state index contributed by atoms with van der Waals surface area (Å²) in [5, 5.41) is 0. The molecule has 4 nitrogen and oxygen atoms in total. The van der Waals surface area contributed by atoms with Gasteiger partial charge in [-0.2, -0.15) is 0 Å². The molecule has 0 saturated heterocycles. The Morgan fingerprint density at radius 3 is 1.00 bits per heavy atom. The fourth-order valence-electron chi connectivity index (χ4n) is 3.76. The molecule has 0 aromatic carbocycles. The Morgan fingerprint density at radius 2 is 0.724 bits per heavy atom. The van der Waals surface area contributed by atoms with E-state index in [1.165, 1.54) is 77.0 Å². The first-order chi connectivity index (χ1) is 14.0. The van der Waals surface area contributed by atoms with Crippen molar-refractivity contribution < 1.29 is 9.59 Å². The molecule has 172 valence electrons. The van der Waals surface area contributed by atoms with Gasteiger partial charge in [-0.15, -0.1) is 0 Å². The lowest BCUT2D eigenvalue weighted by atomic mass is 9.93. The van der Waals surface area contributed by atoms with Gasteiger partial charge in [0.25, 0.3) is 0 Å². The van der Waals surface area contributed by atoms with Crippen LogP contribution < -0.4 is 11.5 Å². The number of ketones is 2. The molecule has 0 aliphatic carbocycles. The number of carbonyl (C=O) groups is 2. The van der Waals surface area contributed by atoms with Gasteiger partial charge in [0.2, 0.25) is 0 Å². The Kier molecular flexibility index (Phi) is 18.7. The van der Waals surface area contributed by atoms with Gasteiger partial charge in [-0.05, 0) is 12.8 Å². The minimum atomic E-state index is -1.78. The molecule has 0 aromatic rings. The average Bonchev–Trinajstić information content (AvgIpc) is 2.70. The van der Waals surface area contributed by atoms with Crippen LogP contribution in [0.1, 0.15) is 142 Å². The van der Waals surface area contributed by atoms with E-state index in [0.717, 1.165) is 38.5 Å². The summed E-state index contributed by atoms with van der Waals surface area (Å²) in [4.78, 5) is 24.6. The third-order valence-electron chi connectivity index (χ3n) is 5.94. The average molecular weight is 411 g/mol. The van der Waals surface area contributed by atoms with Crippen LogP contribution in [0, 0.1) is 0 Å². The van der Waals surface area contributed by atoms with Gasteiger partial charge in [-0.3, -0.25) is 9.59 Å². The second-order valence-electron chi connectivity index (χ2n) is 8.87. The number of Topliss-reactive ketones (excluding diaryl/α,β-unsaturated/α-hetero) is 2. The first kappa shape index (κ1) is 28.3. The zero-order valence-electron chi connectivity index (χ0n) is 19.6. The van der Waals surface area contributed by atoms with Gasteiger partial charge in [0.1, 0.15) is 0 Å². The lowest BCUT2D eigenvalue weighted by Gasteiger charge is -2.21. The van der Waals surface area contributed by atoms with Gasteiger partial charge in [-0.25, -0.2) is 0 Å². The first-order valence-electron chi connectivity index (χ1n) is 12.6. The van der Waals surface area contributed by atoms with E-state index in [4.69, 9.17) is 11.5 Å². The summed E-state index contributed by atoms with van der Waals surface area (Å²) in [6, 6.07) is 0. The van der Waals surface area contributed by atoms with E-state index in [2.05, 4.69) is 13.8 Å². The van der Waals surface area contributed by atoms with Crippen molar-refractivity contribution in [3.05, 3.63) is 0 Å². The molecule has 0 fully saturated rings. The van der Waals surface area contributed by atoms with Gasteiger partial charge >= 0.3 is 0 Å². The Labute approximate surface area is 181 Å². The van der Waals surface area contributed by atoms with E-state index in [1.807, 2.05) is 0 Å². The van der Waals surface area contributed by atoms with Crippen molar-refractivity contribution in [1.82, 2.24) is 0 Å². The standard InChI is InChI=1S/C25H50N2O2/c1-3-5-7-9-11-13-15-17-19-21-23(28)25(26,27)24(29)22-20-18-16-14-12-10-8-6-4-2/h3-22,26-27H2,1-2H3. The van der Waals surface area contributed by atoms with Crippen molar-refractivity contribution in [2.75, 3.05) is 0 Å². The molecule has 0 spiro atoms. The van der Waals surface area contributed by atoms with Crippen molar-refractivity contribution in [3.8, 4) is 0 Å². The van der Waals surface area contributed by atoms with Crippen molar-refractivity contribution >= 4 is 11.6 Å². The molecule has 0 unspecified atom stereocenters. The largest absolute Gasteiger partial charge is 0.301 e. The molecule has 4 heteroatoms. The van der Waals surface area contributed by atoms with E-state index in [1.54, 1.807) is 0 Å². The molecule has 0 aromatic heterocycles. The highest BCUT2D eigenvalue weighted by Gasteiger charge is 2.35. The number of hydrogen-bond donors (Lipinski definition) is 2. The molecule has 0 aliphatic heterocycles. The fourth-order valence-corrected chi connectivity index (χ4v) is 3.76. The summed E-state index contributed by atoms with van der Waals surface area (Å²) in [5.74, 6) is -0.581. The summed E-state index contributed by atoms with van der Waals surface area (Å²) >= 11 is 0. The highest BCUT2D eigenvalue weighted by Crippen LogP contribution is 2.15. The van der Waals surface area contributed by atoms with Crippen LogP contribution in [-0.4, -0.2) is 17.2 Å². The lowest BCUT2D eigenvalue weighted by Crippen LogP contribution is -2.62. The zero-order chi connectivity index (χ0) is 21.8. The van der Waals surface area contributed by atoms with Crippen molar-refractivity contribution in [1.29, 1.82) is 0 Å². The summed E-state index contributed by atoms with van der Waals surface area (Å²) < 4.78 is 0. The van der Waals surface area contributed by atoms with Gasteiger partial charge in [0.15, 0.2) is 17.2 Å². The van der Waals surface area contributed by atoms with Crippen LogP contribution in [-0.2, 0) is 9.59 Å². The van der Waals surface area contributed by atoms with E-state index in [0.29, 0.717) is 12.8 Å². The predicted octanol–water partition coefficient (Wildman–Crippen LogP) is 6.58. The van der Waals surface area contributed by atoms with E-state index >= 15 is 0 Å². The molecule has 0 aliphatic rings. The normalized spacial score (nSPS) is 11.7. The minimum absolute atomic E-state index is 0.290. The van der Waals surface area contributed by atoms with Crippen molar-refractivity contribution in [2.45, 2.75) is 148 Å². The SMILES string of the molecule is CCCCCCCCCCCC(=O)C(N)(N)C(=O)CCCCCCCCCCC. The molecular formula is C25H50N2O2. The third-order valence-corrected chi connectivity index (χ3v) is 5.94. The molecule has 4 N–H and O–H groups in total. The van der Waals surface area contributed by atoms with Gasteiger partial charge in [0, 0.05) is 12.8 Å². The van der Waals surface area contributed by atoms with Gasteiger partial charge in [-0.1, -0.05) is 117 Å². The maximum atomic E-state index is 12.3. The maximum absolute atomic E-state index is 12.3. The topological polar surface area (TPSA) is 86.2 Å². The molecule has 0 saturated carbocycles. The monoisotopic (exact) mass is 410 g/mol.